The van der Waals surface area contributed by atoms with Gasteiger partial charge in [-0.3, -0.25) is 4.79 Å². The molecule has 0 aliphatic rings. The molecule has 96 valence electrons. The zero-order valence-corrected chi connectivity index (χ0v) is 10.8. The number of nitrogens with two attached hydrogens (primary N) is 1. The Kier molecular flexibility index (Phi) is 4.22. The molecule has 1 aromatic heterocycles. The van der Waals surface area contributed by atoms with Crippen LogP contribution < -0.4 is 11.1 Å². The smallest absolute Gasteiger partial charge is 0.292 e. The van der Waals surface area contributed by atoms with Crippen molar-refractivity contribution in [3.05, 3.63) is 11.7 Å². The maximum absolute atomic E-state index is 11.4. The maximum Gasteiger partial charge on any atom is 0.292 e. The molecule has 6 nitrogen and oxygen atoms in total. The molecule has 1 unspecified atom stereocenters. The van der Waals surface area contributed by atoms with Crippen molar-refractivity contribution in [1.82, 2.24) is 15.5 Å². The van der Waals surface area contributed by atoms with Crippen LogP contribution in [0.2, 0.25) is 0 Å². The summed E-state index contributed by atoms with van der Waals surface area (Å²) in [6.07, 6.45) is 0.468. The first-order chi connectivity index (χ1) is 7.84. The number of hydrogen-bond acceptors (Lipinski definition) is 5. The molecule has 0 saturated heterocycles. The zero-order valence-electron chi connectivity index (χ0n) is 10.8. The van der Waals surface area contributed by atoms with Gasteiger partial charge in [0.05, 0.1) is 0 Å². The number of aromatic nitrogens is 2. The molecule has 0 bridgehead atoms. The summed E-state index contributed by atoms with van der Waals surface area (Å²) in [5.74, 6) is 0.128. The monoisotopic (exact) mass is 240 g/mol. The minimum atomic E-state index is -0.327. The lowest BCUT2D eigenvalue weighted by Gasteiger charge is -2.25. The van der Waals surface area contributed by atoms with Crippen LogP contribution >= 0.6 is 0 Å². The van der Waals surface area contributed by atoms with Crippen LogP contribution in [-0.4, -0.2) is 28.6 Å². The van der Waals surface area contributed by atoms with E-state index in [1.54, 1.807) is 0 Å². The van der Waals surface area contributed by atoms with Crippen LogP contribution in [0.15, 0.2) is 4.52 Å². The first-order valence-electron chi connectivity index (χ1n) is 5.71. The summed E-state index contributed by atoms with van der Waals surface area (Å²) in [6.45, 7) is 8.48. The fraction of sp³-hybridized carbons (Fsp3) is 0.727. The molecule has 1 atom stereocenters. The molecule has 1 amide bonds. The van der Waals surface area contributed by atoms with E-state index in [9.17, 15) is 4.79 Å². The van der Waals surface area contributed by atoms with Crippen LogP contribution in [0, 0.1) is 5.41 Å². The second-order valence-corrected chi connectivity index (χ2v) is 5.05. The van der Waals surface area contributed by atoms with Gasteiger partial charge in [0.15, 0.2) is 0 Å². The van der Waals surface area contributed by atoms with Crippen molar-refractivity contribution in [2.75, 3.05) is 6.54 Å². The number of nitrogens with zero attached hydrogens (tertiary/aromatic N) is 2. The Balaban J connectivity index is 2.66. The van der Waals surface area contributed by atoms with E-state index in [2.05, 4.69) is 15.5 Å². The highest BCUT2D eigenvalue weighted by Gasteiger charge is 2.24. The second kappa shape index (κ2) is 5.27. The highest BCUT2D eigenvalue weighted by Crippen LogP contribution is 2.19. The van der Waals surface area contributed by atoms with Gasteiger partial charge in [0.2, 0.25) is 5.89 Å². The minimum absolute atomic E-state index is 0.0414. The summed E-state index contributed by atoms with van der Waals surface area (Å²) in [4.78, 5) is 15.4. The van der Waals surface area contributed by atoms with Crippen molar-refractivity contribution in [2.45, 2.75) is 40.2 Å². The average molecular weight is 240 g/mol. The van der Waals surface area contributed by atoms with Crippen LogP contribution in [0.25, 0.3) is 0 Å². The summed E-state index contributed by atoms with van der Waals surface area (Å²) < 4.78 is 5.00. The van der Waals surface area contributed by atoms with Gasteiger partial charge in [-0.15, -0.1) is 0 Å². The molecule has 1 heterocycles. The average Bonchev–Trinajstić information content (AvgIpc) is 2.65. The summed E-state index contributed by atoms with van der Waals surface area (Å²) in [5.41, 5.74) is 5.96. The van der Waals surface area contributed by atoms with Crippen molar-refractivity contribution >= 4 is 5.91 Å². The summed E-state index contributed by atoms with van der Waals surface area (Å²) in [5, 5.41) is 6.22. The lowest BCUT2D eigenvalue weighted by molar-refractivity contribution is 0.0942. The molecule has 0 aliphatic heterocycles. The van der Waals surface area contributed by atoms with Crippen molar-refractivity contribution in [2.24, 2.45) is 11.1 Å². The van der Waals surface area contributed by atoms with E-state index >= 15 is 0 Å². The number of carbonyl (C=O) groups excluding carboxylic acids is 1. The molecule has 6 heteroatoms. The molecule has 0 aromatic carbocycles. The fourth-order valence-electron chi connectivity index (χ4n) is 1.16. The normalized spacial score (nSPS) is 13.5. The fourth-order valence-corrected chi connectivity index (χ4v) is 1.16. The minimum Gasteiger partial charge on any atom is -0.349 e. The van der Waals surface area contributed by atoms with Gasteiger partial charge in [0.1, 0.15) is 0 Å². The highest BCUT2D eigenvalue weighted by atomic mass is 16.5. The predicted molar refractivity (Wildman–Crippen MR) is 63.4 cm³/mol. The van der Waals surface area contributed by atoms with Crippen molar-refractivity contribution in [1.29, 1.82) is 0 Å². The first-order valence-corrected chi connectivity index (χ1v) is 5.71. The van der Waals surface area contributed by atoms with Gasteiger partial charge in [0, 0.05) is 19.0 Å². The number of hydrogen-bond donors (Lipinski definition) is 2. The summed E-state index contributed by atoms with van der Waals surface area (Å²) in [7, 11) is 0. The Labute approximate surface area is 101 Å². The molecule has 0 saturated carbocycles. The molecule has 1 rings (SSSR count). The van der Waals surface area contributed by atoms with Crippen molar-refractivity contribution in [3.63, 3.8) is 0 Å². The van der Waals surface area contributed by atoms with Crippen LogP contribution in [-0.2, 0) is 6.42 Å². The van der Waals surface area contributed by atoms with Gasteiger partial charge in [-0.05, 0) is 12.3 Å². The van der Waals surface area contributed by atoms with Gasteiger partial charge < -0.3 is 15.6 Å². The summed E-state index contributed by atoms with van der Waals surface area (Å²) in [6, 6.07) is -0.0926. The lowest BCUT2D eigenvalue weighted by atomic mass is 9.85. The van der Waals surface area contributed by atoms with E-state index in [1.165, 1.54) is 0 Å². The third-order valence-electron chi connectivity index (χ3n) is 2.52. The Hall–Kier alpha value is -1.43. The molecule has 0 aliphatic carbocycles. The SMILES string of the molecule is CCNC(=O)c1noc(CC(N)C(C)(C)C)n1. The zero-order chi connectivity index (χ0) is 13.1. The van der Waals surface area contributed by atoms with Crippen LogP contribution in [0.5, 0.6) is 0 Å². The quantitative estimate of drug-likeness (QED) is 0.809. The molecular weight excluding hydrogens is 220 g/mol. The molecule has 3 N–H and O–H groups in total. The van der Waals surface area contributed by atoms with Crippen molar-refractivity contribution < 1.29 is 9.32 Å². The van der Waals surface area contributed by atoms with E-state index in [4.69, 9.17) is 10.3 Å². The number of rotatable bonds is 4. The van der Waals surface area contributed by atoms with Gasteiger partial charge in [-0.2, -0.15) is 4.98 Å². The number of nitrogens with one attached hydrogen (secondary N) is 1. The van der Waals surface area contributed by atoms with Gasteiger partial charge in [-0.1, -0.05) is 25.9 Å². The standard InChI is InChI=1S/C11H20N4O2/c1-5-13-10(16)9-14-8(17-15-9)6-7(12)11(2,3)4/h7H,5-6,12H2,1-4H3,(H,13,16). The van der Waals surface area contributed by atoms with Gasteiger partial charge in [-0.25, -0.2) is 0 Å². The Morgan fingerprint density at radius 1 is 1.53 bits per heavy atom. The summed E-state index contributed by atoms with van der Waals surface area (Å²) >= 11 is 0. The third-order valence-corrected chi connectivity index (χ3v) is 2.52. The van der Waals surface area contributed by atoms with E-state index in [0.29, 0.717) is 18.9 Å². The van der Waals surface area contributed by atoms with E-state index < -0.39 is 0 Å². The second-order valence-electron chi connectivity index (χ2n) is 5.05. The predicted octanol–water partition coefficient (Wildman–Crippen LogP) is 0.735. The molecule has 0 spiro atoms. The van der Waals surface area contributed by atoms with Crippen LogP contribution in [0.3, 0.4) is 0 Å². The van der Waals surface area contributed by atoms with E-state index in [0.717, 1.165) is 0 Å². The Bertz CT molecular complexity index is 381. The number of amides is 1. The maximum atomic E-state index is 11.4. The molecular formula is C11H20N4O2. The van der Waals surface area contributed by atoms with Crippen molar-refractivity contribution in [3.8, 4) is 0 Å². The molecule has 0 radical (unpaired) electrons. The van der Waals surface area contributed by atoms with Crippen LogP contribution in [0.4, 0.5) is 0 Å². The van der Waals surface area contributed by atoms with E-state index in [-0.39, 0.29) is 23.2 Å². The topological polar surface area (TPSA) is 94.0 Å². The first kappa shape index (κ1) is 13.6. The lowest BCUT2D eigenvalue weighted by Crippen LogP contribution is -2.37. The third kappa shape index (κ3) is 3.81. The molecule has 17 heavy (non-hydrogen) atoms. The number of carbonyl (C=O) groups is 1. The Morgan fingerprint density at radius 2 is 2.18 bits per heavy atom. The van der Waals surface area contributed by atoms with Gasteiger partial charge >= 0.3 is 0 Å². The van der Waals surface area contributed by atoms with Crippen LogP contribution in [0.1, 0.15) is 44.2 Å². The largest absolute Gasteiger partial charge is 0.349 e. The molecule has 0 fully saturated rings. The highest BCUT2D eigenvalue weighted by molar-refractivity contribution is 5.90. The van der Waals surface area contributed by atoms with E-state index in [1.807, 2.05) is 27.7 Å². The Morgan fingerprint density at radius 3 is 2.71 bits per heavy atom. The molecule has 1 aromatic rings. The van der Waals surface area contributed by atoms with Gasteiger partial charge in [0.25, 0.3) is 11.7 Å².